The van der Waals surface area contributed by atoms with Crippen molar-refractivity contribution in [2.45, 2.75) is 34.1 Å². The summed E-state index contributed by atoms with van der Waals surface area (Å²) in [6.45, 7) is 11.3. The Labute approximate surface area is 219 Å². The summed E-state index contributed by atoms with van der Waals surface area (Å²) in [5.74, 6) is -0.865. The van der Waals surface area contributed by atoms with Crippen LogP contribution < -0.4 is 16.0 Å². The maximum absolute atomic E-state index is 13.1. The highest BCUT2D eigenvalue weighted by atomic mass is 16.2. The second-order valence-electron chi connectivity index (χ2n) is 8.93. The third-order valence-electron chi connectivity index (χ3n) is 6.38. The highest BCUT2D eigenvalue weighted by molar-refractivity contribution is 6.11. The molecule has 0 atom stereocenters. The molecule has 0 radical (unpaired) electrons. The normalized spacial score (nSPS) is 10.7. The third kappa shape index (κ3) is 7.51. The topological polar surface area (TPSA) is 90.5 Å². The number of nitrogens with one attached hydrogen (secondary N) is 3. The minimum atomic E-state index is -0.323. The van der Waals surface area contributed by atoms with Gasteiger partial charge in [0.2, 0.25) is 0 Å². The van der Waals surface area contributed by atoms with Crippen LogP contribution in [0.3, 0.4) is 0 Å². The molecule has 0 saturated heterocycles. The first-order valence-electron chi connectivity index (χ1n) is 12.7. The van der Waals surface area contributed by atoms with Crippen molar-refractivity contribution in [1.82, 2.24) is 10.2 Å². The third-order valence-corrected chi connectivity index (χ3v) is 6.38. The largest absolute Gasteiger partial charge is 0.352 e. The SMILES string of the molecule is CCN(CC)CCCNC(=O)c1ccc(NC(=O)c2ccccc2C)cc1NC(=O)c1ccccc1C. The summed E-state index contributed by atoms with van der Waals surface area (Å²) in [5, 5.41) is 8.72. The van der Waals surface area contributed by atoms with Gasteiger partial charge < -0.3 is 20.9 Å². The molecule has 0 aliphatic rings. The fourth-order valence-corrected chi connectivity index (χ4v) is 4.11. The number of nitrogens with zero attached hydrogens (tertiary/aromatic N) is 1. The second-order valence-corrected chi connectivity index (χ2v) is 8.93. The Morgan fingerprint density at radius 1 is 0.703 bits per heavy atom. The van der Waals surface area contributed by atoms with Gasteiger partial charge in [-0.1, -0.05) is 50.2 Å². The van der Waals surface area contributed by atoms with Gasteiger partial charge in [0.25, 0.3) is 17.7 Å². The molecule has 194 valence electrons. The molecule has 7 heteroatoms. The highest BCUT2D eigenvalue weighted by Gasteiger charge is 2.17. The van der Waals surface area contributed by atoms with E-state index in [1.165, 1.54) is 0 Å². The molecular formula is C30H36N4O3. The zero-order chi connectivity index (χ0) is 26.8. The van der Waals surface area contributed by atoms with Crippen LogP contribution in [0.1, 0.15) is 62.5 Å². The molecule has 0 fully saturated rings. The Hall–Kier alpha value is -3.97. The fraction of sp³-hybridized carbons (Fsp3) is 0.300. The van der Waals surface area contributed by atoms with Gasteiger partial charge in [0.1, 0.15) is 0 Å². The van der Waals surface area contributed by atoms with E-state index in [0.717, 1.165) is 37.2 Å². The molecule has 3 aromatic rings. The molecular weight excluding hydrogens is 464 g/mol. The first kappa shape index (κ1) is 27.6. The zero-order valence-corrected chi connectivity index (χ0v) is 22.1. The minimum Gasteiger partial charge on any atom is -0.352 e. The lowest BCUT2D eigenvalue weighted by Crippen LogP contribution is -2.30. The van der Waals surface area contributed by atoms with Crippen LogP contribution in [0.15, 0.2) is 66.7 Å². The van der Waals surface area contributed by atoms with Gasteiger partial charge in [0.15, 0.2) is 0 Å². The number of benzene rings is 3. The number of carbonyl (C=O) groups is 3. The number of anilines is 2. The van der Waals surface area contributed by atoms with Crippen LogP contribution in [0.5, 0.6) is 0 Å². The van der Waals surface area contributed by atoms with E-state index in [1.807, 2.05) is 44.2 Å². The van der Waals surface area contributed by atoms with Gasteiger partial charge in [-0.15, -0.1) is 0 Å². The van der Waals surface area contributed by atoms with Crippen LogP contribution in [0.4, 0.5) is 11.4 Å². The summed E-state index contributed by atoms with van der Waals surface area (Å²) in [7, 11) is 0. The van der Waals surface area contributed by atoms with Gasteiger partial charge >= 0.3 is 0 Å². The lowest BCUT2D eigenvalue weighted by molar-refractivity contribution is 0.0952. The molecule has 0 aliphatic heterocycles. The second kappa shape index (κ2) is 13.4. The van der Waals surface area contributed by atoms with E-state index in [1.54, 1.807) is 36.4 Å². The van der Waals surface area contributed by atoms with E-state index in [0.29, 0.717) is 34.6 Å². The van der Waals surface area contributed by atoms with E-state index < -0.39 is 0 Å². The highest BCUT2D eigenvalue weighted by Crippen LogP contribution is 2.24. The van der Waals surface area contributed by atoms with Crippen molar-refractivity contribution in [3.05, 3.63) is 94.5 Å². The smallest absolute Gasteiger partial charge is 0.255 e. The maximum Gasteiger partial charge on any atom is 0.255 e. The van der Waals surface area contributed by atoms with Crippen LogP contribution in [0, 0.1) is 13.8 Å². The molecule has 37 heavy (non-hydrogen) atoms. The number of amides is 3. The summed E-state index contributed by atoms with van der Waals surface area (Å²) in [4.78, 5) is 41.3. The molecule has 0 unspecified atom stereocenters. The average Bonchev–Trinajstić information content (AvgIpc) is 2.89. The summed E-state index contributed by atoms with van der Waals surface area (Å²) >= 11 is 0. The molecule has 0 bridgehead atoms. The Balaban J connectivity index is 1.82. The Kier molecular flexibility index (Phi) is 9.98. The maximum atomic E-state index is 13.1. The van der Waals surface area contributed by atoms with Gasteiger partial charge in [-0.3, -0.25) is 14.4 Å². The molecule has 3 aromatic carbocycles. The summed E-state index contributed by atoms with van der Waals surface area (Å²) < 4.78 is 0. The molecule has 3 N–H and O–H groups in total. The van der Waals surface area contributed by atoms with Crippen molar-refractivity contribution in [2.75, 3.05) is 36.8 Å². The number of carbonyl (C=O) groups excluding carboxylic acids is 3. The number of rotatable bonds is 11. The van der Waals surface area contributed by atoms with E-state index in [4.69, 9.17) is 0 Å². The molecule has 0 aromatic heterocycles. The van der Waals surface area contributed by atoms with Crippen molar-refractivity contribution < 1.29 is 14.4 Å². The summed E-state index contributed by atoms with van der Waals surface area (Å²) in [6, 6.07) is 19.5. The standard InChI is InChI=1S/C30H36N4O3/c1-5-34(6-2)19-11-18-31-28(35)26-17-16-23(32-29(36)24-14-9-7-12-21(24)3)20-27(26)33-30(37)25-15-10-8-13-22(25)4/h7-10,12-17,20H,5-6,11,18-19H2,1-4H3,(H,31,35)(H,32,36)(H,33,37). The fourth-order valence-electron chi connectivity index (χ4n) is 4.11. The average molecular weight is 501 g/mol. The molecule has 0 heterocycles. The van der Waals surface area contributed by atoms with Crippen molar-refractivity contribution in [3.63, 3.8) is 0 Å². The van der Waals surface area contributed by atoms with Crippen LogP contribution in [0.25, 0.3) is 0 Å². The van der Waals surface area contributed by atoms with Gasteiger partial charge in [-0.25, -0.2) is 0 Å². The number of hydrogen-bond donors (Lipinski definition) is 3. The van der Waals surface area contributed by atoms with E-state index in [2.05, 4.69) is 34.7 Å². The molecule has 3 rings (SSSR count). The first-order valence-corrected chi connectivity index (χ1v) is 12.7. The van der Waals surface area contributed by atoms with E-state index >= 15 is 0 Å². The summed E-state index contributed by atoms with van der Waals surface area (Å²) in [5.41, 5.74) is 3.90. The Morgan fingerprint density at radius 2 is 1.27 bits per heavy atom. The monoisotopic (exact) mass is 500 g/mol. The van der Waals surface area contributed by atoms with Crippen LogP contribution in [-0.2, 0) is 0 Å². The lowest BCUT2D eigenvalue weighted by Gasteiger charge is -2.18. The number of aryl methyl sites for hydroxylation is 2. The molecule has 0 saturated carbocycles. The number of hydrogen-bond acceptors (Lipinski definition) is 4. The minimum absolute atomic E-state index is 0.261. The van der Waals surface area contributed by atoms with Crippen LogP contribution in [-0.4, -0.2) is 48.8 Å². The van der Waals surface area contributed by atoms with E-state index in [-0.39, 0.29) is 17.7 Å². The van der Waals surface area contributed by atoms with Crippen LogP contribution in [0.2, 0.25) is 0 Å². The van der Waals surface area contributed by atoms with Crippen molar-refractivity contribution in [2.24, 2.45) is 0 Å². The van der Waals surface area contributed by atoms with Crippen molar-refractivity contribution in [1.29, 1.82) is 0 Å². The Bertz CT molecular complexity index is 1250. The first-order chi connectivity index (χ1) is 17.8. The van der Waals surface area contributed by atoms with Gasteiger partial charge in [0.05, 0.1) is 11.3 Å². The van der Waals surface area contributed by atoms with E-state index in [9.17, 15) is 14.4 Å². The molecule has 7 nitrogen and oxygen atoms in total. The van der Waals surface area contributed by atoms with Gasteiger partial charge in [0, 0.05) is 23.4 Å². The van der Waals surface area contributed by atoms with Gasteiger partial charge in [-0.05, 0) is 81.4 Å². The molecule has 0 spiro atoms. The molecule has 0 aliphatic carbocycles. The van der Waals surface area contributed by atoms with Crippen molar-refractivity contribution in [3.8, 4) is 0 Å². The Morgan fingerprint density at radius 3 is 1.84 bits per heavy atom. The zero-order valence-electron chi connectivity index (χ0n) is 22.1. The van der Waals surface area contributed by atoms with Gasteiger partial charge in [-0.2, -0.15) is 0 Å². The predicted octanol–water partition coefficient (Wildman–Crippen LogP) is 5.27. The van der Waals surface area contributed by atoms with Crippen LogP contribution >= 0.6 is 0 Å². The molecule has 3 amide bonds. The lowest BCUT2D eigenvalue weighted by atomic mass is 10.1. The summed E-state index contributed by atoms with van der Waals surface area (Å²) in [6.07, 6.45) is 0.822. The van der Waals surface area contributed by atoms with Crippen molar-refractivity contribution >= 4 is 29.1 Å². The predicted molar refractivity (Wildman–Crippen MR) is 149 cm³/mol. The quantitative estimate of drug-likeness (QED) is 0.313.